The molecule has 0 aliphatic heterocycles. The number of carbonyl (C=O) groups excluding carboxylic acids is 3. The van der Waals surface area contributed by atoms with Crippen LogP contribution in [0.5, 0.6) is 0 Å². The second kappa shape index (κ2) is 15.6. The molecule has 0 radical (unpaired) electrons. The fraction of sp³-hybridized carbons (Fsp3) is 0.519. The molecule has 40 heavy (non-hydrogen) atoms. The highest BCUT2D eigenvalue weighted by atomic mass is 16.4. The highest BCUT2D eigenvalue weighted by Crippen LogP contribution is 2.19. The number of aliphatic carboxylic acids is 2. The van der Waals surface area contributed by atoms with Gasteiger partial charge in [-0.3, -0.25) is 19.2 Å². The Kier molecular flexibility index (Phi) is 12.6. The van der Waals surface area contributed by atoms with Gasteiger partial charge in [0.2, 0.25) is 17.7 Å². The van der Waals surface area contributed by atoms with E-state index in [-0.39, 0.29) is 18.8 Å². The number of aromatic amines is 1. The molecule has 220 valence electrons. The minimum absolute atomic E-state index is 0.0866. The number of hydrogen-bond acceptors (Lipinski definition) is 7. The lowest BCUT2D eigenvalue weighted by atomic mass is 10.00. The molecule has 4 atom stereocenters. The number of nitrogens with two attached hydrogens (primary N) is 2. The molecule has 0 fully saturated rings. The van der Waals surface area contributed by atoms with Gasteiger partial charge in [0, 0.05) is 23.5 Å². The van der Waals surface area contributed by atoms with Crippen LogP contribution in [0.1, 0.15) is 51.5 Å². The number of benzene rings is 1. The van der Waals surface area contributed by atoms with E-state index in [2.05, 4.69) is 20.9 Å². The molecule has 1 heterocycles. The molecule has 0 spiro atoms. The fourth-order valence-corrected chi connectivity index (χ4v) is 4.27. The maximum absolute atomic E-state index is 13.5. The van der Waals surface area contributed by atoms with E-state index < -0.39 is 60.2 Å². The van der Waals surface area contributed by atoms with Gasteiger partial charge in [0.25, 0.3) is 0 Å². The van der Waals surface area contributed by atoms with E-state index in [1.54, 1.807) is 6.20 Å². The third-order valence-corrected chi connectivity index (χ3v) is 6.37. The average Bonchev–Trinajstić information content (AvgIpc) is 3.29. The van der Waals surface area contributed by atoms with Crippen LogP contribution in [0, 0.1) is 5.92 Å². The molecule has 13 nitrogen and oxygen atoms in total. The summed E-state index contributed by atoms with van der Waals surface area (Å²) >= 11 is 0. The Morgan fingerprint density at radius 1 is 0.900 bits per heavy atom. The summed E-state index contributed by atoms with van der Waals surface area (Å²) in [6.45, 7) is 4.09. The Morgan fingerprint density at radius 2 is 1.52 bits per heavy atom. The Balaban J connectivity index is 2.28. The SMILES string of the molecule is CC(C)CC(NC(=O)C(Cc1c[nH]c2ccccc12)NC(=O)C(N)CCCCN)C(=O)NC(CC(=O)O)C(=O)O. The molecule has 1 aromatic heterocycles. The maximum Gasteiger partial charge on any atom is 0.326 e. The zero-order chi connectivity index (χ0) is 29.8. The Bertz CT molecular complexity index is 1180. The summed E-state index contributed by atoms with van der Waals surface area (Å²) in [5.74, 6) is -5.05. The number of carbonyl (C=O) groups is 5. The van der Waals surface area contributed by atoms with Crippen molar-refractivity contribution < 1.29 is 34.2 Å². The molecule has 2 aromatic rings. The van der Waals surface area contributed by atoms with Gasteiger partial charge >= 0.3 is 11.9 Å². The summed E-state index contributed by atoms with van der Waals surface area (Å²) in [5, 5.41) is 26.7. The van der Waals surface area contributed by atoms with Crippen molar-refractivity contribution in [1.29, 1.82) is 0 Å². The number of rotatable bonds is 17. The molecule has 0 saturated heterocycles. The minimum atomic E-state index is -1.68. The second-order valence-corrected chi connectivity index (χ2v) is 10.2. The van der Waals surface area contributed by atoms with Crippen LogP contribution < -0.4 is 27.4 Å². The Hall–Kier alpha value is -3.97. The van der Waals surface area contributed by atoms with E-state index in [4.69, 9.17) is 16.6 Å². The van der Waals surface area contributed by atoms with Crippen molar-refractivity contribution in [2.75, 3.05) is 6.54 Å². The quantitative estimate of drug-likeness (QED) is 0.124. The number of nitrogens with one attached hydrogen (secondary N) is 4. The molecular weight excluding hydrogens is 520 g/mol. The van der Waals surface area contributed by atoms with Crippen LogP contribution in [0.15, 0.2) is 30.5 Å². The third kappa shape index (κ3) is 9.97. The van der Waals surface area contributed by atoms with E-state index in [0.717, 1.165) is 16.5 Å². The van der Waals surface area contributed by atoms with Crippen LogP contribution in [0.2, 0.25) is 0 Å². The summed E-state index contributed by atoms with van der Waals surface area (Å²) in [4.78, 5) is 65.1. The molecule has 10 N–H and O–H groups in total. The first-order valence-corrected chi connectivity index (χ1v) is 13.3. The van der Waals surface area contributed by atoms with Crippen molar-refractivity contribution >= 4 is 40.6 Å². The molecular formula is C27H40N6O7. The summed E-state index contributed by atoms with van der Waals surface area (Å²) in [5.41, 5.74) is 13.2. The number of carboxylic acid groups (broad SMARTS) is 2. The summed E-state index contributed by atoms with van der Waals surface area (Å²) < 4.78 is 0. The van der Waals surface area contributed by atoms with Crippen LogP contribution in [0.4, 0.5) is 0 Å². The van der Waals surface area contributed by atoms with E-state index in [0.29, 0.717) is 25.8 Å². The smallest absolute Gasteiger partial charge is 0.326 e. The number of aromatic nitrogens is 1. The Morgan fingerprint density at radius 3 is 2.15 bits per heavy atom. The number of H-pyrrole nitrogens is 1. The number of unbranched alkanes of at least 4 members (excludes halogenated alkanes) is 1. The van der Waals surface area contributed by atoms with Gasteiger partial charge in [0.15, 0.2) is 0 Å². The van der Waals surface area contributed by atoms with E-state index >= 15 is 0 Å². The number of carboxylic acids is 2. The number of fused-ring (bicyclic) bond motifs is 1. The highest BCUT2D eigenvalue weighted by Gasteiger charge is 2.32. The Labute approximate surface area is 232 Å². The predicted molar refractivity (Wildman–Crippen MR) is 148 cm³/mol. The van der Waals surface area contributed by atoms with Gasteiger partial charge in [-0.15, -0.1) is 0 Å². The average molecular weight is 561 g/mol. The minimum Gasteiger partial charge on any atom is -0.481 e. The largest absolute Gasteiger partial charge is 0.481 e. The van der Waals surface area contributed by atoms with E-state index in [1.807, 2.05) is 38.1 Å². The van der Waals surface area contributed by atoms with Crippen molar-refractivity contribution in [3.05, 3.63) is 36.0 Å². The molecule has 2 rings (SSSR count). The molecule has 4 unspecified atom stereocenters. The predicted octanol–water partition coefficient (Wildman–Crippen LogP) is 0.227. The lowest BCUT2D eigenvalue weighted by Crippen LogP contribution is -2.58. The fourth-order valence-electron chi connectivity index (χ4n) is 4.27. The monoisotopic (exact) mass is 560 g/mol. The van der Waals surface area contributed by atoms with Crippen LogP contribution in [0.3, 0.4) is 0 Å². The highest BCUT2D eigenvalue weighted by molar-refractivity contribution is 5.95. The second-order valence-electron chi connectivity index (χ2n) is 10.2. The molecule has 1 aromatic carbocycles. The van der Waals surface area contributed by atoms with Crippen molar-refractivity contribution in [2.45, 2.75) is 76.5 Å². The van der Waals surface area contributed by atoms with Crippen molar-refractivity contribution in [3.8, 4) is 0 Å². The van der Waals surface area contributed by atoms with E-state index in [9.17, 15) is 29.1 Å². The third-order valence-electron chi connectivity index (χ3n) is 6.37. The van der Waals surface area contributed by atoms with Crippen LogP contribution in [0.25, 0.3) is 10.9 Å². The van der Waals surface area contributed by atoms with Crippen molar-refractivity contribution in [3.63, 3.8) is 0 Å². The lowest BCUT2D eigenvalue weighted by molar-refractivity contribution is -0.147. The van der Waals surface area contributed by atoms with Crippen LogP contribution >= 0.6 is 0 Å². The van der Waals surface area contributed by atoms with Gasteiger partial charge in [0.05, 0.1) is 12.5 Å². The topological polar surface area (TPSA) is 230 Å². The standard InChI is InChI=1S/C27H40N6O7/c1-15(2)11-20(25(37)33-22(27(39)40)13-23(34)35)32-26(38)21(31-24(36)18(29)8-5-6-10-28)12-16-14-30-19-9-4-3-7-17(16)19/h3-4,7,9,14-15,18,20-22,30H,5-6,8,10-13,28-29H2,1-2H3,(H,31,36)(H,32,38)(H,33,37)(H,34,35)(H,39,40). The number of hydrogen-bond donors (Lipinski definition) is 8. The van der Waals surface area contributed by atoms with Crippen molar-refractivity contribution in [2.24, 2.45) is 17.4 Å². The molecule has 0 bridgehead atoms. The van der Waals surface area contributed by atoms with E-state index in [1.165, 1.54) is 0 Å². The van der Waals surface area contributed by atoms with Crippen molar-refractivity contribution in [1.82, 2.24) is 20.9 Å². The van der Waals surface area contributed by atoms with Gasteiger partial charge in [-0.2, -0.15) is 0 Å². The number of amides is 3. The first-order valence-electron chi connectivity index (χ1n) is 13.3. The zero-order valence-corrected chi connectivity index (χ0v) is 22.8. The lowest BCUT2D eigenvalue weighted by Gasteiger charge is -2.26. The maximum atomic E-state index is 13.5. The summed E-state index contributed by atoms with van der Waals surface area (Å²) in [6.07, 6.45) is 2.86. The van der Waals surface area contributed by atoms with Gasteiger partial charge < -0.3 is 42.6 Å². The molecule has 0 aliphatic carbocycles. The van der Waals surface area contributed by atoms with Gasteiger partial charge in [-0.05, 0) is 43.4 Å². The van der Waals surface area contributed by atoms with Gasteiger partial charge in [-0.25, -0.2) is 4.79 Å². The van der Waals surface area contributed by atoms with Gasteiger partial charge in [-0.1, -0.05) is 38.5 Å². The van der Waals surface area contributed by atoms with Crippen LogP contribution in [-0.4, -0.2) is 75.6 Å². The van der Waals surface area contributed by atoms with Crippen LogP contribution in [-0.2, 0) is 30.4 Å². The number of para-hydroxylation sites is 1. The summed E-state index contributed by atoms with van der Waals surface area (Å²) in [7, 11) is 0. The van der Waals surface area contributed by atoms with Gasteiger partial charge in [0.1, 0.15) is 18.1 Å². The molecule has 13 heteroatoms. The zero-order valence-electron chi connectivity index (χ0n) is 22.8. The molecule has 0 aliphatic rings. The molecule has 3 amide bonds. The summed E-state index contributed by atoms with van der Waals surface area (Å²) in [6, 6.07) is 2.63. The first-order chi connectivity index (χ1) is 18.9. The molecule has 0 saturated carbocycles. The normalized spacial score (nSPS) is 14.2. The first kappa shape index (κ1) is 32.2.